The van der Waals surface area contributed by atoms with Gasteiger partial charge in [0.1, 0.15) is 11.6 Å². The number of thiocarbonyl (C=S) groups is 1. The molecule has 0 amide bonds. The fourth-order valence-electron chi connectivity index (χ4n) is 0.566. The summed E-state index contributed by atoms with van der Waals surface area (Å²) in [6.07, 6.45) is 5.20. The van der Waals surface area contributed by atoms with Crippen LogP contribution in [0.4, 0.5) is 0 Å². The van der Waals surface area contributed by atoms with Crippen molar-refractivity contribution in [2.45, 2.75) is 0 Å². The van der Waals surface area contributed by atoms with Crippen LogP contribution in [0.15, 0.2) is 24.0 Å². The highest BCUT2D eigenvalue weighted by molar-refractivity contribution is 7.80. The molecule has 0 radical (unpaired) electrons. The molecule has 0 aromatic heterocycles. The molecule has 0 spiro atoms. The SMILES string of the molecule is NC(=S)C1=CCOC=C1. The zero-order valence-corrected chi connectivity index (χ0v) is 5.65. The summed E-state index contributed by atoms with van der Waals surface area (Å²) in [6, 6.07) is 0. The minimum absolute atomic E-state index is 0.426. The van der Waals surface area contributed by atoms with Gasteiger partial charge in [-0.1, -0.05) is 12.2 Å². The van der Waals surface area contributed by atoms with E-state index < -0.39 is 0 Å². The molecule has 48 valence electrons. The van der Waals surface area contributed by atoms with Crippen LogP contribution >= 0.6 is 12.2 Å². The Morgan fingerprint density at radius 3 is 2.89 bits per heavy atom. The zero-order chi connectivity index (χ0) is 6.69. The molecule has 2 N–H and O–H groups in total. The molecule has 0 atom stereocenters. The Bertz CT molecular complexity index is 183. The van der Waals surface area contributed by atoms with Gasteiger partial charge in [0.2, 0.25) is 0 Å². The predicted octanol–water partition coefficient (Wildman–Crippen LogP) is 0.743. The summed E-state index contributed by atoms with van der Waals surface area (Å²) in [5.41, 5.74) is 6.21. The Balaban J connectivity index is 2.69. The molecular weight excluding hydrogens is 134 g/mol. The van der Waals surface area contributed by atoms with Crippen molar-refractivity contribution in [2.24, 2.45) is 5.73 Å². The van der Waals surface area contributed by atoms with Gasteiger partial charge in [-0.15, -0.1) is 0 Å². The van der Waals surface area contributed by atoms with Crippen LogP contribution in [0.25, 0.3) is 0 Å². The topological polar surface area (TPSA) is 35.2 Å². The summed E-state index contributed by atoms with van der Waals surface area (Å²) in [7, 11) is 0. The first-order valence-corrected chi connectivity index (χ1v) is 2.99. The van der Waals surface area contributed by atoms with Crippen LogP contribution in [-0.4, -0.2) is 11.6 Å². The highest BCUT2D eigenvalue weighted by Crippen LogP contribution is 2.02. The third kappa shape index (κ3) is 1.54. The maximum Gasteiger partial charge on any atom is 0.106 e. The molecule has 0 aliphatic carbocycles. The van der Waals surface area contributed by atoms with Crippen LogP contribution < -0.4 is 5.73 Å². The van der Waals surface area contributed by atoms with Crippen molar-refractivity contribution in [1.82, 2.24) is 0 Å². The van der Waals surface area contributed by atoms with Gasteiger partial charge in [0.15, 0.2) is 0 Å². The number of hydrogen-bond donors (Lipinski definition) is 1. The molecule has 3 heteroatoms. The minimum Gasteiger partial charge on any atom is -0.497 e. The van der Waals surface area contributed by atoms with Crippen LogP contribution in [0, 0.1) is 0 Å². The van der Waals surface area contributed by atoms with E-state index in [1.807, 2.05) is 6.08 Å². The second kappa shape index (κ2) is 2.64. The monoisotopic (exact) mass is 141 g/mol. The molecule has 1 aliphatic rings. The maximum absolute atomic E-state index is 5.32. The van der Waals surface area contributed by atoms with Gasteiger partial charge in [-0.05, 0) is 12.2 Å². The molecule has 0 fully saturated rings. The van der Waals surface area contributed by atoms with Gasteiger partial charge in [-0.25, -0.2) is 0 Å². The lowest BCUT2D eigenvalue weighted by molar-refractivity contribution is 0.285. The van der Waals surface area contributed by atoms with E-state index in [0.717, 1.165) is 5.57 Å². The van der Waals surface area contributed by atoms with E-state index in [-0.39, 0.29) is 0 Å². The Labute approximate surface area is 59.0 Å². The van der Waals surface area contributed by atoms with Crippen LogP contribution in [0.5, 0.6) is 0 Å². The Hall–Kier alpha value is -0.830. The molecule has 2 nitrogen and oxygen atoms in total. The van der Waals surface area contributed by atoms with Crippen molar-refractivity contribution in [1.29, 1.82) is 0 Å². The summed E-state index contributed by atoms with van der Waals surface area (Å²) in [5, 5.41) is 0. The van der Waals surface area contributed by atoms with Crippen LogP contribution in [0.3, 0.4) is 0 Å². The molecule has 0 aromatic rings. The molecule has 1 heterocycles. The molecule has 0 bridgehead atoms. The molecule has 0 unspecified atom stereocenters. The van der Waals surface area contributed by atoms with Crippen LogP contribution in [0.1, 0.15) is 0 Å². The van der Waals surface area contributed by atoms with Crippen LogP contribution in [-0.2, 0) is 4.74 Å². The van der Waals surface area contributed by atoms with Crippen LogP contribution in [0.2, 0.25) is 0 Å². The third-order valence-electron chi connectivity index (χ3n) is 1.03. The lowest BCUT2D eigenvalue weighted by Gasteiger charge is -2.04. The highest BCUT2D eigenvalue weighted by Gasteiger charge is 1.97. The molecule has 0 saturated carbocycles. The first-order valence-electron chi connectivity index (χ1n) is 2.59. The number of ether oxygens (including phenoxy) is 1. The summed E-state index contributed by atoms with van der Waals surface area (Å²) in [6.45, 7) is 0.573. The van der Waals surface area contributed by atoms with Gasteiger partial charge in [-0.2, -0.15) is 0 Å². The van der Waals surface area contributed by atoms with E-state index in [4.69, 9.17) is 22.7 Å². The third-order valence-corrected chi connectivity index (χ3v) is 1.26. The van der Waals surface area contributed by atoms with Gasteiger partial charge in [0.05, 0.1) is 6.26 Å². The summed E-state index contributed by atoms with van der Waals surface area (Å²) in [4.78, 5) is 0.426. The summed E-state index contributed by atoms with van der Waals surface area (Å²) >= 11 is 4.72. The zero-order valence-electron chi connectivity index (χ0n) is 4.83. The van der Waals surface area contributed by atoms with Crippen molar-refractivity contribution in [2.75, 3.05) is 6.61 Å². The lowest BCUT2D eigenvalue weighted by atomic mass is 10.2. The fourth-order valence-corrected chi connectivity index (χ4v) is 0.717. The van der Waals surface area contributed by atoms with Crippen molar-refractivity contribution in [3.8, 4) is 0 Å². The van der Waals surface area contributed by atoms with E-state index in [0.29, 0.717) is 11.6 Å². The van der Waals surface area contributed by atoms with E-state index in [1.54, 1.807) is 12.3 Å². The average molecular weight is 141 g/mol. The maximum atomic E-state index is 5.32. The molecule has 0 aromatic carbocycles. The lowest BCUT2D eigenvalue weighted by Crippen LogP contribution is -2.11. The Kier molecular flexibility index (Phi) is 1.85. The van der Waals surface area contributed by atoms with Gasteiger partial charge in [0, 0.05) is 5.57 Å². The molecule has 9 heavy (non-hydrogen) atoms. The minimum atomic E-state index is 0.426. The Morgan fingerprint density at radius 1 is 1.78 bits per heavy atom. The predicted molar refractivity (Wildman–Crippen MR) is 40.0 cm³/mol. The molecule has 1 rings (SSSR count). The van der Waals surface area contributed by atoms with E-state index >= 15 is 0 Å². The average Bonchev–Trinajstić information content (AvgIpc) is 1.90. The summed E-state index contributed by atoms with van der Waals surface area (Å²) in [5.74, 6) is 0. The van der Waals surface area contributed by atoms with Gasteiger partial charge >= 0.3 is 0 Å². The van der Waals surface area contributed by atoms with Gasteiger partial charge < -0.3 is 10.5 Å². The van der Waals surface area contributed by atoms with Crippen molar-refractivity contribution >= 4 is 17.2 Å². The Morgan fingerprint density at radius 2 is 2.56 bits per heavy atom. The molecular formula is C6H7NOS. The normalized spacial score (nSPS) is 16.2. The number of hydrogen-bond acceptors (Lipinski definition) is 2. The van der Waals surface area contributed by atoms with E-state index in [1.165, 1.54) is 0 Å². The second-order valence-corrected chi connectivity index (χ2v) is 2.10. The largest absolute Gasteiger partial charge is 0.497 e. The first-order chi connectivity index (χ1) is 4.30. The number of nitrogens with two attached hydrogens (primary N) is 1. The molecule has 0 saturated heterocycles. The standard InChI is InChI=1S/C6H7NOS/c7-6(9)5-1-3-8-4-2-5/h1-3H,4H2,(H2,7,9). The first kappa shape index (κ1) is 6.29. The smallest absolute Gasteiger partial charge is 0.106 e. The second-order valence-electron chi connectivity index (χ2n) is 1.66. The number of rotatable bonds is 1. The van der Waals surface area contributed by atoms with Crippen molar-refractivity contribution in [3.05, 3.63) is 24.0 Å². The quantitative estimate of drug-likeness (QED) is 0.547. The van der Waals surface area contributed by atoms with E-state index in [2.05, 4.69) is 0 Å². The highest BCUT2D eigenvalue weighted by atomic mass is 32.1. The van der Waals surface area contributed by atoms with Gasteiger partial charge in [-0.3, -0.25) is 0 Å². The fraction of sp³-hybridized carbons (Fsp3) is 0.167. The van der Waals surface area contributed by atoms with E-state index in [9.17, 15) is 0 Å². The van der Waals surface area contributed by atoms with Gasteiger partial charge in [0.25, 0.3) is 0 Å². The van der Waals surface area contributed by atoms with Crippen molar-refractivity contribution < 1.29 is 4.74 Å². The van der Waals surface area contributed by atoms with Crippen molar-refractivity contribution in [3.63, 3.8) is 0 Å². The summed E-state index contributed by atoms with van der Waals surface area (Å²) < 4.78 is 4.88. The molecule has 1 aliphatic heterocycles.